The fraction of sp³-hybridized carbons (Fsp3) is 0.154. The van der Waals surface area contributed by atoms with Crippen molar-refractivity contribution in [2.24, 2.45) is 0 Å². The van der Waals surface area contributed by atoms with E-state index in [1.165, 1.54) is 5.56 Å². The van der Waals surface area contributed by atoms with Gasteiger partial charge in [-0.05, 0) is 36.2 Å². The van der Waals surface area contributed by atoms with E-state index in [-0.39, 0.29) is 0 Å². The van der Waals surface area contributed by atoms with Crippen LogP contribution in [0.3, 0.4) is 0 Å². The predicted molar refractivity (Wildman–Crippen MR) is 72.3 cm³/mol. The van der Waals surface area contributed by atoms with Gasteiger partial charge in [0.2, 0.25) is 0 Å². The Morgan fingerprint density at radius 3 is 2.94 bits per heavy atom. The zero-order valence-electron chi connectivity index (χ0n) is 9.36. The summed E-state index contributed by atoms with van der Waals surface area (Å²) < 4.78 is 0. The van der Waals surface area contributed by atoms with Crippen LogP contribution in [0.4, 0.5) is 11.4 Å². The minimum atomic E-state index is 0.683. The summed E-state index contributed by atoms with van der Waals surface area (Å²) in [6.07, 6.45) is 4.54. The molecule has 0 aliphatic carbocycles. The van der Waals surface area contributed by atoms with Gasteiger partial charge in [-0.2, -0.15) is 0 Å². The predicted octanol–water partition coefficient (Wildman–Crippen LogP) is 2.97. The highest BCUT2D eigenvalue weighted by atomic mass is 35.5. The molecule has 3 N–H and O–H groups in total. The van der Waals surface area contributed by atoms with E-state index in [0.717, 1.165) is 18.7 Å². The van der Waals surface area contributed by atoms with Crippen LogP contribution < -0.4 is 11.1 Å². The van der Waals surface area contributed by atoms with Crippen LogP contribution in [0.5, 0.6) is 0 Å². The van der Waals surface area contributed by atoms with Crippen molar-refractivity contribution in [2.75, 3.05) is 17.6 Å². The molecule has 2 rings (SSSR count). The lowest BCUT2D eigenvalue weighted by Crippen LogP contribution is -2.06. The molecule has 0 radical (unpaired) electrons. The number of nitrogens with two attached hydrogens (primary N) is 1. The summed E-state index contributed by atoms with van der Waals surface area (Å²) in [5.74, 6) is 0. The molecule has 0 spiro atoms. The Bertz CT molecular complexity index is 485. The first-order valence-electron chi connectivity index (χ1n) is 5.43. The zero-order chi connectivity index (χ0) is 12.1. The molecule has 1 aromatic carbocycles. The average Bonchev–Trinajstić information content (AvgIpc) is 2.35. The number of rotatable bonds is 4. The molecule has 0 amide bonds. The Hall–Kier alpha value is -1.74. The minimum absolute atomic E-state index is 0.683. The van der Waals surface area contributed by atoms with E-state index in [1.807, 2.05) is 18.3 Å². The van der Waals surface area contributed by atoms with Crippen molar-refractivity contribution in [3.05, 3.63) is 53.3 Å². The van der Waals surface area contributed by atoms with Gasteiger partial charge in [-0.3, -0.25) is 4.98 Å². The fourth-order valence-corrected chi connectivity index (χ4v) is 1.74. The van der Waals surface area contributed by atoms with Gasteiger partial charge in [0.1, 0.15) is 0 Å². The zero-order valence-corrected chi connectivity index (χ0v) is 10.1. The van der Waals surface area contributed by atoms with Crippen LogP contribution in [0.25, 0.3) is 0 Å². The Labute approximate surface area is 106 Å². The number of pyridine rings is 1. The Morgan fingerprint density at radius 2 is 2.18 bits per heavy atom. The maximum atomic E-state index is 5.91. The van der Waals surface area contributed by atoms with Crippen molar-refractivity contribution in [3.63, 3.8) is 0 Å². The van der Waals surface area contributed by atoms with Crippen LogP contribution in [-0.4, -0.2) is 11.5 Å². The topological polar surface area (TPSA) is 50.9 Å². The summed E-state index contributed by atoms with van der Waals surface area (Å²) in [6, 6.07) is 9.40. The average molecular weight is 248 g/mol. The SMILES string of the molecule is Nc1ccc(Cl)cc1NCCc1cccnc1. The molecule has 3 nitrogen and oxygen atoms in total. The lowest BCUT2D eigenvalue weighted by molar-refractivity contribution is 1.01. The van der Waals surface area contributed by atoms with E-state index in [9.17, 15) is 0 Å². The molecule has 0 aliphatic heterocycles. The molecule has 88 valence electrons. The second kappa shape index (κ2) is 5.55. The summed E-state index contributed by atoms with van der Waals surface area (Å²) in [4.78, 5) is 4.07. The molecule has 4 heteroatoms. The van der Waals surface area contributed by atoms with Crippen LogP contribution in [0, 0.1) is 0 Å². The van der Waals surface area contributed by atoms with E-state index in [2.05, 4.69) is 16.4 Å². The molecule has 0 fully saturated rings. The standard InChI is InChI=1S/C13H14ClN3/c14-11-3-4-12(15)13(8-11)17-7-5-10-2-1-6-16-9-10/h1-4,6,8-9,17H,5,7,15H2. The number of hydrogen-bond acceptors (Lipinski definition) is 3. The van der Waals surface area contributed by atoms with Crippen LogP contribution in [0.15, 0.2) is 42.7 Å². The van der Waals surface area contributed by atoms with Gasteiger partial charge < -0.3 is 11.1 Å². The normalized spacial score (nSPS) is 10.2. The molecule has 0 saturated carbocycles. The summed E-state index contributed by atoms with van der Waals surface area (Å²) in [6.45, 7) is 0.802. The Kier molecular flexibility index (Phi) is 3.83. The highest BCUT2D eigenvalue weighted by Crippen LogP contribution is 2.22. The first kappa shape index (κ1) is 11.7. The lowest BCUT2D eigenvalue weighted by Gasteiger charge is -2.09. The van der Waals surface area contributed by atoms with E-state index >= 15 is 0 Å². The number of nitrogens with zero attached hydrogens (tertiary/aromatic N) is 1. The van der Waals surface area contributed by atoms with Crippen molar-refractivity contribution in [1.82, 2.24) is 4.98 Å². The van der Waals surface area contributed by atoms with Crippen LogP contribution >= 0.6 is 11.6 Å². The van der Waals surface area contributed by atoms with Crippen molar-refractivity contribution in [2.45, 2.75) is 6.42 Å². The van der Waals surface area contributed by atoms with Crippen LogP contribution in [0.1, 0.15) is 5.56 Å². The first-order valence-corrected chi connectivity index (χ1v) is 5.81. The van der Waals surface area contributed by atoms with Gasteiger partial charge in [0, 0.05) is 24.0 Å². The van der Waals surface area contributed by atoms with Crippen molar-refractivity contribution in [3.8, 4) is 0 Å². The molecule has 0 bridgehead atoms. The van der Waals surface area contributed by atoms with Gasteiger partial charge >= 0.3 is 0 Å². The molecule has 1 aromatic heterocycles. The number of nitrogen functional groups attached to an aromatic ring is 1. The van der Waals surface area contributed by atoms with Gasteiger partial charge in [-0.25, -0.2) is 0 Å². The third kappa shape index (κ3) is 3.36. The van der Waals surface area contributed by atoms with E-state index in [4.69, 9.17) is 17.3 Å². The summed E-state index contributed by atoms with van der Waals surface area (Å²) in [5.41, 5.74) is 8.62. The molecule has 17 heavy (non-hydrogen) atoms. The smallest absolute Gasteiger partial charge is 0.0588 e. The molecule has 0 saturated heterocycles. The molecule has 0 atom stereocenters. The van der Waals surface area contributed by atoms with Crippen molar-refractivity contribution < 1.29 is 0 Å². The summed E-state index contributed by atoms with van der Waals surface area (Å²) in [7, 11) is 0. The number of hydrogen-bond donors (Lipinski definition) is 2. The first-order chi connectivity index (χ1) is 8.25. The van der Waals surface area contributed by atoms with Crippen molar-refractivity contribution >= 4 is 23.0 Å². The highest BCUT2D eigenvalue weighted by molar-refractivity contribution is 6.31. The highest BCUT2D eigenvalue weighted by Gasteiger charge is 1.99. The monoisotopic (exact) mass is 247 g/mol. The minimum Gasteiger partial charge on any atom is -0.397 e. The number of halogens is 1. The third-order valence-corrected chi connectivity index (χ3v) is 2.70. The van der Waals surface area contributed by atoms with E-state index in [0.29, 0.717) is 10.7 Å². The number of nitrogens with one attached hydrogen (secondary N) is 1. The molecule has 2 aromatic rings. The lowest BCUT2D eigenvalue weighted by atomic mass is 10.2. The van der Waals surface area contributed by atoms with E-state index in [1.54, 1.807) is 18.3 Å². The van der Waals surface area contributed by atoms with Gasteiger partial charge in [0.05, 0.1) is 11.4 Å². The largest absolute Gasteiger partial charge is 0.397 e. The van der Waals surface area contributed by atoms with Crippen LogP contribution in [0.2, 0.25) is 5.02 Å². The van der Waals surface area contributed by atoms with Crippen LogP contribution in [-0.2, 0) is 6.42 Å². The van der Waals surface area contributed by atoms with Gasteiger partial charge in [0.25, 0.3) is 0 Å². The summed E-state index contributed by atoms with van der Waals surface area (Å²) >= 11 is 5.91. The Balaban J connectivity index is 1.92. The number of benzene rings is 1. The Morgan fingerprint density at radius 1 is 1.29 bits per heavy atom. The molecular weight excluding hydrogens is 234 g/mol. The third-order valence-electron chi connectivity index (χ3n) is 2.47. The molecular formula is C13H14ClN3. The maximum absolute atomic E-state index is 5.91. The molecule has 0 unspecified atom stereocenters. The number of anilines is 2. The maximum Gasteiger partial charge on any atom is 0.0588 e. The van der Waals surface area contributed by atoms with Crippen molar-refractivity contribution in [1.29, 1.82) is 0 Å². The quantitative estimate of drug-likeness (QED) is 0.817. The summed E-state index contributed by atoms with van der Waals surface area (Å²) in [5, 5.41) is 3.95. The van der Waals surface area contributed by atoms with Gasteiger partial charge in [-0.1, -0.05) is 17.7 Å². The van der Waals surface area contributed by atoms with Gasteiger partial charge in [-0.15, -0.1) is 0 Å². The second-order valence-corrected chi connectivity index (χ2v) is 4.21. The van der Waals surface area contributed by atoms with E-state index < -0.39 is 0 Å². The molecule has 1 heterocycles. The van der Waals surface area contributed by atoms with Gasteiger partial charge in [0.15, 0.2) is 0 Å². The second-order valence-electron chi connectivity index (χ2n) is 3.77. The number of aromatic nitrogens is 1. The molecule has 0 aliphatic rings. The fourth-order valence-electron chi connectivity index (χ4n) is 1.57.